The third-order valence-electron chi connectivity index (χ3n) is 5.46. The molecular formula is C20H28N4O2. The van der Waals surface area contributed by atoms with Crippen molar-refractivity contribution in [1.29, 1.82) is 0 Å². The Kier molecular flexibility index (Phi) is 5.22. The highest BCUT2D eigenvalue weighted by Crippen LogP contribution is 2.29. The first kappa shape index (κ1) is 17.5. The Balaban J connectivity index is 1.42. The summed E-state index contributed by atoms with van der Waals surface area (Å²) in [6.45, 7) is 6.46. The first-order valence-electron chi connectivity index (χ1n) is 9.59. The molecular weight excluding hydrogens is 328 g/mol. The number of aromatic nitrogens is 3. The molecule has 6 heteroatoms. The van der Waals surface area contributed by atoms with Crippen LogP contribution in [0.1, 0.15) is 37.0 Å². The molecule has 1 unspecified atom stereocenters. The molecule has 26 heavy (non-hydrogen) atoms. The van der Waals surface area contributed by atoms with Gasteiger partial charge in [0.05, 0.1) is 7.11 Å². The topological polar surface area (TPSA) is 52.4 Å². The zero-order valence-corrected chi connectivity index (χ0v) is 15.7. The monoisotopic (exact) mass is 356 g/mol. The zero-order valence-electron chi connectivity index (χ0n) is 15.7. The van der Waals surface area contributed by atoms with Crippen molar-refractivity contribution >= 4 is 0 Å². The maximum Gasteiger partial charge on any atom is 0.159 e. The third kappa shape index (κ3) is 3.91. The molecule has 1 fully saturated rings. The number of benzene rings is 1. The van der Waals surface area contributed by atoms with Crippen molar-refractivity contribution in [2.45, 2.75) is 51.9 Å². The Morgan fingerprint density at radius 2 is 2.00 bits per heavy atom. The quantitative estimate of drug-likeness (QED) is 0.763. The average Bonchev–Trinajstić information content (AvgIpc) is 3.42. The number of methoxy groups -OCH3 is 1. The van der Waals surface area contributed by atoms with Crippen LogP contribution in [0.4, 0.5) is 0 Å². The summed E-state index contributed by atoms with van der Waals surface area (Å²) in [5, 5.41) is 8.81. The Morgan fingerprint density at radius 1 is 1.15 bits per heavy atom. The van der Waals surface area contributed by atoms with Crippen LogP contribution in [0.2, 0.25) is 0 Å². The predicted molar refractivity (Wildman–Crippen MR) is 99.0 cm³/mol. The minimum absolute atomic E-state index is 0.408. The number of hydrogen-bond donors (Lipinski definition) is 0. The fraction of sp³-hybridized carbons (Fsp3) is 0.600. The molecule has 0 radical (unpaired) electrons. The van der Waals surface area contributed by atoms with Gasteiger partial charge in [0.1, 0.15) is 18.2 Å². The molecule has 0 spiro atoms. The number of nitrogens with zero attached hydrogens (tertiary/aromatic N) is 4. The second kappa shape index (κ2) is 7.76. The number of ether oxygens (including phenoxy) is 2. The van der Waals surface area contributed by atoms with E-state index in [1.807, 2.05) is 12.1 Å². The molecule has 2 aromatic rings. The Labute approximate surface area is 155 Å². The van der Waals surface area contributed by atoms with E-state index in [9.17, 15) is 0 Å². The van der Waals surface area contributed by atoms with Gasteiger partial charge in [0.25, 0.3) is 0 Å². The van der Waals surface area contributed by atoms with E-state index in [-0.39, 0.29) is 0 Å². The summed E-state index contributed by atoms with van der Waals surface area (Å²) >= 11 is 0. The molecule has 140 valence electrons. The summed E-state index contributed by atoms with van der Waals surface area (Å²) in [6.07, 6.45) is 3.53. The van der Waals surface area contributed by atoms with Crippen molar-refractivity contribution in [2.75, 3.05) is 20.3 Å². The maximum atomic E-state index is 5.84. The molecule has 1 saturated carbocycles. The summed E-state index contributed by atoms with van der Waals surface area (Å²) < 4.78 is 13.6. The molecule has 0 bridgehead atoms. The van der Waals surface area contributed by atoms with Crippen LogP contribution in [0.25, 0.3) is 0 Å². The molecule has 2 aliphatic rings. The molecule has 1 aromatic carbocycles. The van der Waals surface area contributed by atoms with Crippen LogP contribution in [0, 0.1) is 5.92 Å². The highest BCUT2D eigenvalue weighted by Gasteiger charge is 2.25. The first-order chi connectivity index (χ1) is 12.7. The minimum Gasteiger partial charge on any atom is -0.496 e. The second-order valence-corrected chi connectivity index (χ2v) is 7.48. The Morgan fingerprint density at radius 3 is 2.81 bits per heavy atom. The lowest BCUT2D eigenvalue weighted by atomic mass is 10.1. The van der Waals surface area contributed by atoms with Gasteiger partial charge in [-0.1, -0.05) is 18.2 Å². The van der Waals surface area contributed by atoms with Crippen LogP contribution in [0.5, 0.6) is 5.75 Å². The van der Waals surface area contributed by atoms with Crippen molar-refractivity contribution in [1.82, 2.24) is 19.7 Å². The maximum absolute atomic E-state index is 5.84. The van der Waals surface area contributed by atoms with Crippen molar-refractivity contribution < 1.29 is 9.47 Å². The smallest absolute Gasteiger partial charge is 0.159 e. The van der Waals surface area contributed by atoms with Gasteiger partial charge >= 0.3 is 0 Å². The number of fused-ring (bicyclic) bond motifs is 1. The van der Waals surface area contributed by atoms with E-state index < -0.39 is 0 Å². The molecule has 1 aliphatic heterocycles. The van der Waals surface area contributed by atoms with E-state index in [4.69, 9.17) is 9.47 Å². The van der Waals surface area contributed by atoms with Crippen LogP contribution >= 0.6 is 0 Å². The molecule has 0 amide bonds. The van der Waals surface area contributed by atoms with E-state index >= 15 is 0 Å². The predicted octanol–water partition coefficient (Wildman–Crippen LogP) is 2.66. The van der Waals surface area contributed by atoms with Crippen molar-refractivity contribution in [2.24, 2.45) is 5.92 Å². The number of hydrogen-bond acceptors (Lipinski definition) is 5. The molecule has 0 saturated heterocycles. The zero-order chi connectivity index (χ0) is 17.9. The molecule has 1 aliphatic carbocycles. The van der Waals surface area contributed by atoms with Gasteiger partial charge < -0.3 is 14.0 Å². The highest BCUT2D eigenvalue weighted by molar-refractivity contribution is 5.33. The van der Waals surface area contributed by atoms with Crippen LogP contribution in [-0.4, -0.2) is 46.0 Å². The molecule has 0 N–H and O–H groups in total. The Hall–Kier alpha value is -1.92. The van der Waals surface area contributed by atoms with Gasteiger partial charge in [0.2, 0.25) is 0 Å². The van der Waals surface area contributed by atoms with Gasteiger partial charge in [-0.3, -0.25) is 4.90 Å². The summed E-state index contributed by atoms with van der Waals surface area (Å²) in [6, 6.07) is 8.68. The van der Waals surface area contributed by atoms with Crippen LogP contribution < -0.4 is 4.74 Å². The van der Waals surface area contributed by atoms with E-state index in [2.05, 4.69) is 38.7 Å². The first-order valence-corrected chi connectivity index (χ1v) is 9.59. The van der Waals surface area contributed by atoms with Gasteiger partial charge in [-0.2, -0.15) is 0 Å². The largest absolute Gasteiger partial charge is 0.496 e. The normalized spacial score (nSPS) is 20.6. The number of rotatable bonds is 7. The highest BCUT2D eigenvalue weighted by atomic mass is 16.5. The molecule has 1 aromatic heterocycles. The lowest BCUT2D eigenvalue weighted by Crippen LogP contribution is -2.34. The molecule has 4 rings (SSSR count). The molecule has 6 nitrogen and oxygen atoms in total. The van der Waals surface area contributed by atoms with Gasteiger partial charge in [0.15, 0.2) is 5.82 Å². The average molecular weight is 356 g/mol. The lowest BCUT2D eigenvalue weighted by Gasteiger charge is -2.27. The van der Waals surface area contributed by atoms with Crippen LogP contribution in [0.3, 0.4) is 0 Å². The fourth-order valence-electron chi connectivity index (χ4n) is 3.62. The summed E-state index contributed by atoms with van der Waals surface area (Å²) in [4.78, 5) is 2.50. The lowest BCUT2D eigenvalue weighted by molar-refractivity contribution is 0.103. The second-order valence-electron chi connectivity index (χ2n) is 7.48. The van der Waals surface area contributed by atoms with Gasteiger partial charge in [-0.25, -0.2) is 0 Å². The van der Waals surface area contributed by atoms with Gasteiger partial charge in [0, 0.05) is 44.3 Å². The number of para-hydroxylation sites is 1. The SMILES string of the molecule is COc1ccccc1CN1CCn2c(COCC3CC3)nnc2CC1C. The van der Waals surface area contributed by atoms with E-state index in [1.165, 1.54) is 18.4 Å². The molecule has 1 atom stereocenters. The third-order valence-corrected chi connectivity index (χ3v) is 5.46. The summed E-state index contributed by atoms with van der Waals surface area (Å²) in [5.74, 6) is 3.77. The van der Waals surface area contributed by atoms with E-state index in [0.29, 0.717) is 12.6 Å². The van der Waals surface area contributed by atoms with Crippen LogP contribution in [0.15, 0.2) is 24.3 Å². The Bertz CT molecular complexity index is 741. The van der Waals surface area contributed by atoms with Crippen molar-refractivity contribution in [3.8, 4) is 5.75 Å². The molecule has 2 heterocycles. The van der Waals surface area contributed by atoms with Crippen LogP contribution in [-0.2, 0) is 30.9 Å². The van der Waals surface area contributed by atoms with E-state index in [0.717, 1.165) is 56.0 Å². The van der Waals surface area contributed by atoms with Gasteiger partial charge in [-0.05, 0) is 31.7 Å². The van der Waals surface area contributed by atoms with E-state index in [1.54, 1.807) is 7.11 Å². The minimum atomic E-state index is 0.408. The van der Waals surface area contributed by atoms with Crippen molar-refractivity contribution in [3.05, 3.63) is 41.5 Å². The summed E-state index contributed by atoms with van der Waals surface area (Å²) in [5.41, 5.74) is 1.23. The summed E-state index contributed by atoms with van der Waals surface area (Å²) in [7, 11) is 1.74. The van der Waals surface area contributed by atoms with Crippen molar-refractivity contribution in [3.63, 3.8) is 0 Å². The standard InChI is InChI=1S/C20H28N4O2/c1-15-11-19-21-22-20(14-26-13-16-7-8-16)24(19)10-9-23(15)12-17-5-3-4-6-18(17)25-2/h3-6,15-16H,7-14H2,1-2H3. The van der Waals surface area contributed by atoms with Gasteiger partial charge in [-0.15, -0.1) is 10.2 Å². The fourth-order valence-corrected chi connectivity index (χ4v) is 3.62.